The molecule has 4 rings (SSSR count). The van der Waals surface area contributed by atoms with E-state index >= 15 is 0 Å². The standard InChI is InChI=1S/C30H46O4/c1-8-20(18(2)3)10-9-19(4)22-13-14-23-21-11-12-25-26(31)30(33,27(32)34-7)17-29(25,6)24(21)15-16-28(22,23)5/h9-10,12,18-24,33H,8,11,13-17H2,1-7H3/t19-,20-,21+,22-,23+,24+,28-,29-,30+/m1/s1. The minimum atomic E-state index is -2.02. The van der Waals surface area contributed by atoms with Crippen molar-refractivity contribution in [2.45, 2.75) is 92.1 Å². The Kier molecular flexibility index (Phi) is 6.72. The van der Waals surface area contributed by atoms with E-state index in [0.717, 1.165) is 19.3 Å². The molecule has 4 nitrogen and oxygen atoms in total. The van der Waals surface area contributed by atoms with Gasteiger partial charge in [-0.05, 0) is 85.4 Å². The molecule has 3 saturated carbocycles. The second-order valence-electron chi connectivity index (χ2n) is 12.8. The number of aliphatic hydroxyl groups is 1. The molecular formula is C30H46O4. The Morgan fingerprint density at radius 1 is 1.18 bits per heavy atom. The van der Waals surface area contributed by atoms with Crippen LogP contribution in [0.4, 0.5) is 0 Å². The zero-order valence-electron chi connectivity index (χ0n) is 22.4. The van der Waals surface area contributed by atoms with E-state index in [9.17, 15) is 14.7 Å². The molecular weight excluding hydrogens is 424 g/mol. The molecule has 0 amide bonds. The Hall–Kier alpha value is -1.42. The lowest BCUT2D eigenvalue weighted by Crippen LogP contribution is -2.49. The largest absolute Gasteiger partial charge is 0.467 e. The summed E-state index contributed by atoms with van der Waals surface area (Å²) in [5.74, 6) is 2.85. The smallest absolute Gasteiger partial charge is 0.346 e. The molecule has 0 spiro atoms. The van der Waals surface area contributed by atoms with Crippen LogP contribution in [-0.4, -0.2) is 29.6 Å². The molecule has 9 atom stereocenters. The summed E-state index contributed by atoms with van der Waals surface area (Å²) in [6, 6.07) is 0. The molecule has 190 valence electrons. The number of esters is 1. The van der Waals surface area contributed by atoms with Crippen LogP contribution in [-0.2, 0) is 14.3 Å². The van der Waals surface area contributed by atoms with Crippen molar-refractivity contribution in [1.82, 2.24) is 0 Å². The van der Waals surface area contributed by atoms with Crippen LogP contribution in [0, 0.1) is 52.3 Å². The highest BCUT2D eigenvalue weighted by molar-refractivity contribution is 6.18. The molecule has 0 aromatic rings. The maximum atomic E-state index is 13.1. The summed E-state index contributed by atoms with van der Waals surface area (Å²) in [7, 11) is 1.25. The number of ketones is 1. The fourth-order valence-electron chi connectivity index (χ4n) is 9.03. The number of allylic oxidation sites excluding steroid dienone is 3. The Morgan fingerprint density at radius 3 is 2.50 bits per heavy atom. The number of fused-ring (bicyclic) bond motifs is 5. The zero-order chi connectivity index (χ0) is 25.1. The first-order valence-electron chi connectivity index (χ1n) is 13.7. The third-order valence-electron chi connectivity index (χ3n) is 10.9. The van der Waals surface area contributed by atoms with Gasteiger partial charge in [-0.25, -0.2) is 4.79 Å². The van der Waals surface area contributed by atoms with Crippen LogP contribution in [0.3, 0.4) is 0 Å². The van der Waals surface area contributed by atoms with Crippen LogP contribution in [0.25, 0.3) is 0 Å². The topological polar surface area (TPSA) is 63.6 Å². The molecule has 0 heterocycles. The molecule has 0 aromatic heterocycles. The zero-order valence-corrected chi connectivity index (χ0v) is 22.4. The lowest BCUT2D eigenvalue weighted by atomic mass is 9.49. The maximum Gasteiger partial charge on any atom is 0.346 e. The minimum Gasteiger partial charge on any atom is -0.467 e. The molecule has 0 aromatic carbocycles. The van der Waals surface area contributed by atoms with Gasteiger partial charge in [-0.15, -0.1) is 0 Å². The first kappa shape index (κ1) is 25.7. The van der Waals surface area contributed by atoms with Crippen molar-refractivity contribution in [2.24, 2.45) is 52.3 Å². The predicted molar refractivity (Wildman–Crippen MR) is 135 cm³/mol. The molecule has 1 N–H and O–H groups in total. The first-order chi connectivity index (χ1) is 15.9. The van der Waals surface area contributed by atoms with Gasteiger partial charge in [-0.1, -0.05) is 59.8 Å². The third kappa shape index (κ3) is 3.65. The lowest BCUT2D eigenvalue weighted by molar-refractivity contribution is -0.166. The van der Waals surface area contributed by atoms with E-state index in [0.29, 0.717) is 52.4 Å². The summed E-state index contributed by atoms with van der Waals surface area (Å²) >= 11 is 0. The number of rotatable bonds is 6. The molecule has 0 unspecified atom stereocenters. The molecule has 4 aliphatic rings. The molecule has 34 heavy (non-hydrogen) atoms. The summed E-state index contributed by atoms with van der Waals surface area (Å²) in [5, 5.41) is 11.1. The summed E-state index contributed by atoms with van der Waals surface area (Å²) in [6.45, 7) is 14.0. The van der Waals surface area contributed by atoms with Crippen LogP contribution in [0.15, 0.2) is 23.8 Å². The summed E-state index contributed by atoms with van der Waals surface area (Å²) in [4.78, 5) is 25.5. The number of ether oxygens (including phenoxy) is 1. The normalized spacial score (nSPS) is 43.3. The first-order valence-corrected chi connectivity index (χ1v) is 13.7. The number of Topliss-reactive ketones (excluding diaryl/α,β-unsaturated/α-hetero) is 1. The SMILES string of the molecule is CC[C@H](C=C[C@@H](C)[C@H]1CC[C@H]2[C@@H]3CC=C4C(=O)[C@](O)(C(=O)OC)C[C@]4(C)[C@H]3CC[C@]12C)C(C)C. The summed E-state index contributed by atoms with van der Waals surface area (Å²) in [5.41, 5.74) is -1.47. The van der Waals surface area contributed by atoms with Gasteiger partial charge in [-0.2, -0.15) is 0 Å². The number of carbonyl (C=O) groups is 2. The summed E-state index contributed by atoms with van der Waals surface area (Å²) < 4.78 is 4.84. The second kappa shape index (κ2) is 8.91. The predicted octanol–water partition coefficient (Wildman–Crippen LogP) is 6.13. The van der Waals surface area contributed by atoms with Crippen LogP contribution in [0.5, 0.6) is 0 Å². The van der Waals surface area contributed by atoms with Crippen LogP contribution < -0.4 is 0 Å². The van der Waals surface area contributed by atoms with Crippen molar-refractivity contribution in [2.75, 3.05) is 7.11 Å². The van der Waals surface area contributed by atoms with Gasteiger partial charge in [-0.3, -0.25) is 4.79 Å². The Morgan fingerprint density at radius 2 is 1.88 bits per heavy atom. The quantitative estimate of drug-likeness (QED) is 0.288. The van der Waals surface area contributed by atoms with Gasteiger partial charge >= 0.3 is 5.97 Å². The van der Waals surface area contributed by atoms with E-state index in [1.807, 2.05) is 0 Å². The fraction of sp³-hybridized carbons (Fsp3) is 0.800. The average molecular weight is 471 g/mol. The van der Waals surface area contributed by atoms with Gasteiger partial charge in [0.05, 0.1) is 7.11 Å². The molecule has 4 heteroatoms. The second-order valence-corrected chi connectivity index (χ2v) is 12.8. The van der Waals surface area contributed by atoms with Crippen molar-refractivity contribution < 1.29 is 19.4 Å². The lowest BCUT2D eigenvalue weighted by Gasteiger charge is -2.55. The average Bonchev–Trinajstić information content (AvgIpc) is 3.25. The molecule has 3 fully saturated rings. The van der Waals surface area contributed by atoms with Gasteiger partial charge in [0.25, 0.3) is 0 Å². The Bertz CT molecular complexity index is 886. The molecule has 4 aliphatic carbocycles. The molecule has 0 bridgehead atoms. The van der Waals surface area contributed by atoms with Crippen molar-refractivity contribution in [3.05, 3.63) is 23.8 Å². The van der Waals surface area contributed by atoms with Crippen molar-refractivity contribution in [1.29, 1.82) is 0 Å². The number of hydrogen-bond donors (Lipinski definition) is 1. The van der Waals surface area contributed by atoms with E-state index < -0.39 is 22.8 Å². The van der Waals surface area contributed by atoms with Gasteiger partial charge in [0.15, 0.2) is 0 Å². The van der Waals surface area contributed by atoms with Gasteiger partial charge < -0.3 is 9.84 Å². The molecule has 0 radical (unpaired) electrons. The number of hydrogen-bond acceptors (Lipinski definition) is 4. The molecule has 0 saturated heterocycles. The monoisotopic (exact) mass is 470 g/mol. The fourth-order valence-corrected chi connectivity index (χ4v) is 9.03. The molecule has 0 aliphatic heterocycles. The highest BCUT2D eigenvalue weighted by Crippen LogP contribution is 2.68. The van der Waals surface area contributed by atoms with E-state index in [-0.39, 0.29) is 6.42 Å². The maximum absolute atomic E-state index is 13.1. The van der Waals surface area contributed by atoms with Crippen LogP contribution in [0.2, 0.25) is 0 Å². The highest BCUT2D eigenvalue weighted by Gasteiger charge is 2.67. The van der Waals surface area contributed by atoms with Gasteiger partial charge in [0, 0.05) is 17.4 Å². The van der Waals surface area contributed by atoms with E-state index in [1.165, 1.54) is 26.4 Å². The number of methoxy groups -OCH3 is 1. The van der Waals surface area contributed by atoms with Gasteiger partial charge in [0.2, 0.25) is 11.4 Å². The Labute approximate surface area is 206 Å². The number of carbonyl (C=O) groups excluding carboxylic acids is 2. The van der Waals surface area contributed by atoms with Crippen LogP contribution in [0.1, 0.15) is 86.5 Å². The van der Waals surface area contributed by atoms with Crippen molar-refractivity contribution in [3.63, 3.8) is 0 Å². The highest BCUT2D eigenvalue weighted by atomic mass is 16.5. The minimum absolute atomic E-state index is 0.165. The van der Waals surface area contributed by atoms with Crippen molar-refractivity contribution >= 4 is 11.8 Å². The summed E-state index contributed by atoms with van der Waals surface area (Å²) in [6.07, 6.45) is 14.0. The van der Waals surface area contributed by atoms with E-state index in [4.69, 9.17) is 4.74 Å². The van der Waals surface area contributed by atoms with E-state index in [1.54, 1.807) is 0 Å². The van der Waals surface area contributed by atoms with Crippen LogP contribution >= 0.6 is 0 Å². The Balaban J connectivity index is 1.57. The van der Waals surface area contributed by atoms with E-state index in [2.05, 4.69) is 59.8 Å². The van der Waals surface area contributed by atoms with Crippen molar-refractivity contribution in [3.8, 4) is 0 Å². The van der Waals surface area contributed by atoms with Gasteiger partial charge in [0.1, 0.15) is 0 Å². The third-order valence-corrected chi connectivity index (χ3v) is 10.9.